The molecule has 14 heavy (non-hydrogen) atoms. The van der Waals surface area contributed by atoms with Crippen LogP contribution in [-0.4, -0.2) is 15.3 Å². The van der Waals surface area contributed by atoms with Gasteiger partial charge in [-0.15, -0.1) is 11.6 Å². The normalized spacial score (nSPS) is 9.79. The molecule has 0 fully saturated rings. The Kier molecular flexibility index (Phi) is 2.71. The number of pyridine rings is 1. The Hall–Kier alpha value is -1.46. The van der Waals surface area contributed by atoms with Gasteiger partial charge in [0.1, 0.15) is 11.3 Å². The summed E-state index contributed by atoms with van der Waals surface area (Å²) in [5, 5.41) is 0. The molecule has 0 atom stereocenters. The first kappa shape index (κ1) is 9.11. The van der Waals surface area contributed by atoms with Gasteiger partial charge < -0.3 is 0 Å². The van der Waals surface area contributed by atoms with Crippen molar-refractivity contribution < 1.29 is 0 Å². The second-order valence-electron chi connectivity index (χ2n) is 2.81. The molecule has 0 aromatic carbocycles. The summed E-state index contributed by atoms with van der Waals surface area (Å²) in [4.78, 5) is 4.22. The first-order valence-electron chi connectivity index (χ1n) is 4.39. The molecule has 2 heterocycles. The van der Waals surface area contributed by atoms with Crippen molar-refractivity contribution in [1.82, 2.24) is 9.38 Å². The highest BCUT2D eigenvalue weighted by Gasteiger charge is 1.96. The van der Waals surface area contributed by atoms with Crippen LogP contribution in [-0.2, 0) is 0 Å². The van der Waals surface area contributed by atoms with Crippen LogP contribution in [0.3, 0.4) is 0 Å². The van der Waals surface area contributed by atoms with Gasteiger partial charge in [0.05, 0.1) is 6.20 Å². The zero-order chi connectivity index (χ0) is 9.80. The second kappa shape index (κ2) is 4.17. The van der Waals surface area contributed by atoms with E-state index in [2.05, 4.69) is 16.8 Å². The Balaban J connectivity index is 2.40. The van der Waals surface area contributed by atoms with Crippen molar-refractivity contribution in [3.8, 4) is 11.8 Å². The first-order chi connectivity index (χ1) is 6.92. The molecule has 0 aliphatic heterocycles. The lowest BCUT2D eigenvalue weighted by Crippen LogP contribution is -1.85. The summed E-state index contributed by atoms with van der Waals surface area (Å²) in [7, 11) is 0. The van der Waals surface area contributed by atoms with Gasteiger partial charge in [0.2, 0.25) is 0 Å². The minimum absolute atomic E-state index is 0.573. The number of hydrogen-bond acceptors (Lipinski definition) is 1. The monoisotopic (exact) mass is 204 g/mol. The number of hydrogen-bond donors (Lipinski definition) is 0. The Labute approximate surface area is 87.5 Å². The number of alkyl halides is 1. The smallest absolute Gasteiger partial charge is 0.137 e. The van der Waals surface area contributed by atoms with E-state index in [1.165, 1.54) is 0 Å². The molecule has 3 heteroatoms. The lowest BCUT2D eigenvalue weighted by molar-refractivity contribution is 1.16. The average molecular weight is 205 g/mol. The fourth-order valence-electron chi connectivity index (χ4n) is 1.23. The molecule has 0 aliphatic rings. The van der Waals surface area contributed by atoms with Crippen molar-refractivity contribution in [1.29, 1.82) is 0 Å². The van der Waals surface area contributed by atoms with Crippen LogP contribution in [0.15, 0.2) is 30.6 Å². The second-order valence-corrected chi connectivity index (χ2v) is 3.19. The van der Waals surface area contributed by atoms with Gasteiger partial charge in [-0.25, -0.2) is 4.98 Å². The van der Waals surface area contributed by atoms with E-state index < -0.39 is 0 Å². The van der Waals surface area contributed by atoms with Crippen molar-refractivity contribution in [2.24, 2.45) is 0 Å². The van der Waals surface area contributed by atoms with Crippen molar-refractivity contribution in [3.05, 3.63) is 36.3 Å². The van der Waals surface area contributed by atoms with Crippen LogP contribution in [0.25, 0.3) is 5.65 Å². The summed E-state index contributed by atoms with van der Waals surface area (Å²) in [6.07, 6.45) is 4.44. The molecule has 0 saturated heterocycles. The maximum atomic E-state index is 5.53. The van der Waals surface area contributed by atoms with E-state index in [1.807, 2.05) is 28.8 Å². The van der Waals surface area contributed by atoms with E-state index in [0.717, 1.165) is 11.3 Å². The molecule has 0 amide bonds. The standard InChI is InChI=1S/C11H9ClN2/c12-7-3-1-5-10-9-13-11-6-2-4-8-14(10)11/h2,4,6,8-9H,3,7H2. The lowest BCUT2D eigenvalue weighted by Gasteiger charge is -1.91. The minimum Gasteiger partial charge on any atom is -0.293 e. The number of halogens is 1. The minimum atomic E-state index is 0.573. The summed E-state index contributed by atoms with van der Waals surface area (Å²) < 4.78 is 1.96. The molecule has 0 radical (unpaired) electrons. The van der Waals surface area contributed by atoms with Crippen LogP contribution in [0.4, 0.5) is 0 Å². The summed E-state index contributed by atoms with van der Waals surface area (Å²) in [5.41, 5.74) is 1.83. The van der Waals surface area contributed by atoms with E-state index in [9.17, 15) is 0 Å². The van der Waals surface area contributed by atoms with Gasteiger partial charge in [-0.1, -0.05) is 12.0 Å². The van der Waals surface area contributed by atoms with Gasteiger partial charge in [0.25, 0.3) is 0 Å². The number of rotatable bonds is 1. The van der Waals surface area contributed by atoms with E-state index in [0.29, 0.717) is 12.3 Å². The molecule has 2 rings (SSSR count). The third kappa shape index (κ3) is 1.73. The Morgan fingerprint density at radius 3 is 3.21 bits per heavy atom. The van der Waals surface area contributed by atoms with Crippen molar-refractivity contribution in [2.45, 2.75) is 6.42 Å². The number of fused-ring (bicyclic) bond motifs is 1. The van der Waals surface area contributed by atoms with E-state index in [1.54, 1.807) is 6.20 Å². The van der Waals surface area contributed by atoms with E-state index in [4.69, 9.17) is 11.6 Å². The van der Waals surface area contributed by atoms with Crippen LogP contribution in [0, 0.1) is 11.8 Å². The zero-order valence-electron chi connectivity index (χ0n) is 7.57. The molecule has 2 aromatic heterocycles. The summed E-state index contributed by atoms with van der Waals surface area (Å²) in [5.74, 6) is 6.59. The van der Waals surface area contributed by atoms with Crippen molar-refractivity contribution in [3.63, 3.8) is 0 Å². The zero-order valence-corrected chi connectivity index (χ0v) is 8.33. The highest BCUT2D eigenvalue weighted by Crippen LogP contribution is 2.04. The quantitative estimate of drug-likeness (QED) is 0.515. The largest absolute Gasteiger partial charge is 0.293 e. The fraction of sp³-hybridized carbons (Fsp3) is 0.182. The van der Waals surface area contributed by atoms with E-state index >= 15 is 0 Å². The summed E-state index contributed by atoms with van der Waals surface area (Å²) in [6.45, 7) is 0. The van der Waals surface area contributed by atoms with Gasteiger partial charge in [-0.3, -0.25) is 4.40 Å². The molecule has 0 saturated carbocycles. The molecule has 0 N–H and O–H groups in total. The Morgan fingerprint density at radius 1 is 1.43 bits per heavy atom. The predicted octanol–water partition coefficient (Wildman–Crippen LogP) is 2.31. The molecule has 2 aromatic rings. The molecule has 0 spiro atoms. The maximum Gasteiger partial charge on any atom is 0.137 e. The summed E-state index contributed by atoms with van der Waals surface area (Å²) >= 11 is 5.53. The Morgan fingerprint density at radius 2 is 2.36 bits per heavy atom. The van der Waals surface area contributed by atoms with Gasteiger partial charge in [-0.05, 0) is 18.1 Å². The van der Waals surface area contributed by atoms with Crippen LogP contribution in [0.2, 0.25) is 0 Å². The highest BCUT2D eigenvalue weighted by atomic mass is 35.5. The summed E-state index contributed by atoms with van der Waals surface area (Å²) in [6, 6.07) is 5.87. The van der Waals surface area contributed by atoms with Gasteiger partial charge in [0.15, 0.2) is 0 Å². The molecular weight excluding hydrogens is 196 g/mol. The van der Waals surface area contributed by atoms with Gasteiger partial charge >= 0.3 is 0 Å². The molecule has 0 aliphatic carbocycles. The molecule has 0 unspecified atom stereocenters. The first-order valence-corrected chi connectivity index (χ1v) is 4.92. The third-order valence-electron chi connectivity index (χ3n) is 1.85. The number of nitrogens with zero attached hydrogens (tertiary/aromatic N) is 2. The van der Waals surface area contributed by atoms with Crippen LogP contribution >= 0.6 is 11.6 Å². The van der Waals surface area contributed by atoms with Crippen LogP contribution < -0.4 is 0 Å². The van der Waals surface area contributed by atoms with Gasteiger partial charge in [-0.2, -0.15) is 0 Å². The maximum absolute atomic E-state index is 5.53. The predicted molar refractivity (Wildman–Crippen MR) is 57.4 cm³/mol. The number of imidazole rings is 1. The highest BCUT2D eigenvalue weighted by molar-refractivity contribution is 6.18. The SMILES string of the molecule is ClCCC#Cc1cnc2ccccn12. The molecular formula is C11H9ClN2. The topological polar surface area (TPSA) is 17.3 Å². The van der Waals surface area contributed by atoms with Crippen molar-refractivity contribution in [2.75, 3.05) is 5.88 Å². The fourth-order valence-corrected chi connectivity index (χ4v) is 1.32. The van der Waals surface area contributed by atoms with Crippen molar-refractivity contribution >= 4 is 17.2 Å². The Bertz CT molecular complexity index is 490. The van der Waals surface area contributed by atoms with Gasteiger partial charge in [0, 0.05) is 18.5 Å². The lowest BCUT2D eigenvalue weighted by atomic mass is 10.4. The van der Waals surface area contributed by atoms with Crippen LogP contribution in [0.5, 0.6) is 0 Å². The molecule has 70 valence electrons. The molecule has 2 nitrogen and oxygen atoms in total. The number of aromatic nitrogens is 2. The van der Waals surface area contributed by atoms with E-state index in [-0.39, 0.29) is 0 Å². The van der Waals surface area contributed by atoms with Crippen LogP contribution in [0.1, 0.15) is 12.1 Å². The third-order valence-corrected chi connectivity index (χ3v) is 2.04. The average Bonchev–Trinajstić information content (AvgIpc) is 2.63. The molecule has 0 bridgehead atoms.